The van der Waals surface area contributed by atoms with Crippen LogP contribution in [-0.4, -0.2) is 25.2 Å². The molecular formula is C13H19N3S. The number of anilines is 2. The molecule has 0 atom stereocenters. The van der Waals surface area contributed by atoms with E-state index in [1.807, 2.05) is 26.2 Å². The van der Waals surface area contributed by atoms with Gasteiger partial charge in [-0.1, -0.05) is 0 Å². The molecule has 0 aromatic heterocycles. The molecule has 1 aromatic rings. The summed E-state index contributed by atoms with van der Waals surface area (Å²) in [6.07, 6.45) is 3.79. The molecule has 1 aliphatic rings. The van der Waals surface area contributed by atoms with E-state index in [-0.39, 0.29) is 0 Å². The molecular weight excluding hydrogens is 230 g/mol. The average Bonchev–Trinajstić information content (AvgIpc) is 2.24. The highest BCUT2D eigenvalue weighted by Crippen LogP contribution is 2.19. The highest BCUT2D eigenvalue weighted by molar-refractivity contribution is 7.80. The van der Waals surface area contributed by atoms with Gasteiger partial charge in [-0.05, 0) is 55.7 Å². The highest BCUT2D eigenvalue weighted by atomic mass is 32.1. The number of hydrogen-bond acceptors (Lipinski definition) is 2. The molecule has 1 fully saturated rings. The van der Waals surface area contributed by atoms with Crippen LogP contribution in [0.5, 0.6) is 0 Å². The maximum Gasteiger partial charge on any atom is 0.170 e. The van der Waals surface area contributed by atoms with Crippen LogP contribution < -0.4 is 15.5 Å². The van der Waals surface area contributed by atoms with Crippen molar-refractivity contribution >= 4 is 28.7 Å². The molecule has 1 saturated carbocycles. The Balaban J connectivity index is 1.87. The van der Waals surface area contributed by atoms with Crippen LogP contribution >= 0.6 is 12.2 Å². The second-order valence-corrected chi connectivity index (χ2v) is 5.08. The smallest absolute Gasteiger partial charge is 0.170 e. The Morgan fingerprint density at radius 1 is 1.24 bits per heavy atom. The van der Waals surface area contributed by atoms with Crippen LogP contribution in [-0.2, 0) is 0 Å². The van der Waals surface area contributed by atoms with E-state index in [2.05, 4.69) is 27.7 Å². The fraction of sp³-hybridized carbons (Fsp3) is 0.462. The number of thiocarbonyl (C=S) groups is 1. The van der Waals surface area contributed by atoms with Gasteiger partial charge >= 0.3 is 0 Å². The summed E-state index contributed by atoms with van der Waals surface area (Å²) in [5.41, 5.74) is 2.22. The van der Waals surface area contributed by atoms with E-state index in [4.69, 9.17) is 12.2 Å². The highest BCUT2D eigenvalue weighted by Gasteiger charge is 2.17. The van der Waals surface area contributed by atoms with Crippen molar-refractivity contribution in [3.8, 4) is 0 Å². The molecule has 17 heavy (non-hydrogen) atoms. The number of rotatable bonds is 3. The molecule has 2 rings (SSSR count). The Hall–Kier alpha value is -1.29. The van der Waals surface area contributed by atoms with Gasteiger partial charge in [-0.3, -0.25) is 0 Å². The van der Waals surface area contributed by atoms with Crippen molar-refractivity contribution in [2.45, 2.75) is 25.3 Å². The number of nitrogens with zero attached hydrogens (tertiary/aromatic N) is 1. The summed E-state index contributed by atoms with van der Waals surface area (Å²) < 4.78 is 0. The zero-order chi connectivity index (χ0) is 12.3. The Morgan fingerprint density at radius 2 is 1.88 bits per heavy atom. The zero-order valence-electron chi connectivity index (χ0n) is 10.4. The van der Waals surface area contributed by atoms with Crippen LogP contribution in [0.15, 0.2) is 24.3 Å². The molecule has 0 radical (unpaired) electrons. The third-order valence-electron chi connectivity index (χ3n) is 3.08. The molecule has 0 amide bonds. The SMILES string of the molecule is CN(C)c1ccc(NC(=S)NC2CCC2)cc1. The van der Waals surface area contributed by atoms with Gasteiger partial charge in [0.2, 0.25) is 0 Å². The molecule has 1 aromatic carbocycles. The maximum absolute atomic E-state index is 5.26. The third kappa shape index (κ3) is 3.33. The molecule has 0 aliphatic heterocycles. The molecule has 0 unspecified atom stereocenters. The van der Waals surface area contributed by atoms with Crippen molar-refractivity contribution < 1.29 is 0 Å². The summed E-state index contributed by atoms with van der Waals surface area (Å²) in [5, 5.41) is 7.25. The third-order valence-corrected chi connectivity index (χ3v) is 3.30. The Labute approximate surface area is 108 Å². The summed E-state index contributed by atoms with van der Waals surface area (Å²) in [5.74, 6) is 0. The first-order valence-corrected chi connectivity index (χ1v) is 6.41. The lowest BCUT2D eigenvalue weighted by atomic mass is 9.93. The van der Waals surface area contributed by atoms with E-state index in [9.17, 15) is 0 Å². The van der Waals surface area contributed by atoms with Gasteiger partial charge in [0.05, 0.1) is 0 Å². The monoisotopic (exact) mass is 249 g/mol. The summed E-state index contributed by atoms with van der Waals surface area (Å²) in [4.78, 5) is 2.08. The first-order chi connectivity index (χ1) is 8.15. The van der Waals surface area contributed by atoms with Gasteiger partial charge < -0.3 is 15.5 Å². The second kappa shape index (κ2) is 5.36. The predicted molar refractivity (Wildman–Crippen MR) is 77.8 cm³/mol. The predicted octanol–water partition coefficient (Wildman–Crippen LogP) is 2.59. The summed E-state index contributed by atoms with van der Waals surface area (Å²) in [6, 6.07) is 8.83. The van der Waals surface area contributed by atoms with Crippen LogP contribution in [0.4, 0.5) is 11.4 Å². The topological polar surface area (TPSA) is 27.3 Å². The van der Waals surface area contributed by atoms with Crippen LogP contribution in [0.3, 0.4) is 0 Å². The first-order valence-electron chi connectivity index (χ1n) is 6.00. The summed E-state index contributed by atoms with van der Waals surface area (Å²) in [6.45, 7) is 0. The van der Waals surface area contributed by atoms with Crippen LogP contribution in [0.2, 0.25) is 0 Å². The molecule has 92 valence electrons. The van der Waals surface area contributed by atoms with Gasteiger partial charge in [0.1, 0.15) is 0 Å². The molecule has 0 spiro atoms. The van der Waals surface area contributed by atoms with Crippen LogP contribution in [0, 0.1) is 0 Å². The van der Waals surface area contributed by atoms with Crippen molar-refractivity contribution in [2.24, 2.45) is 0 Å². The molecule has 4 heteroatoms. The van der Waals surface area contributed by atoms with Crippen LogP contribution in [0.1, 0.15) is 19.3 Å². The summed E-state index contributed by atoms with van der Waals surface area (Å²) in [7, 11) is 4.07. The largest absolute Gasteiger partial charge is 0.378 e. The van der Waals surface area contributed by atoms with Crippen molar-refractivity contribution in [3.63, 3.8) is 0 Å². The first kappa shape index (κ1) is 12.2. The molecule has 3 nitrogen and oxygen atoms in total. The lowest BCUT2D eigenvalue weighted by molar-refractivity contribution is 0.385. The molecule has 2 N–H and O–H groups in total. The molecule has 0 bridgehead atoms. The van der Waals surface area contributed by atoms with E-state index in [0.29, 0.717) is 6.04 Å². The molecule has 0 saturated heterocycles. The maximum atomic E-state index is 5.26. The second-order valence-electron chi connectivity index (χ2n) is 4.67. The fourth-order valence-corrected chi connectivity index (χ4v) is 2.03. The average molecular weight is 249 g/mol. The molecule has 1 aliphatic carbocycles. The zero-order valence-corrected chi connectivity index (χ0v) is 11.2. The minimum absolute atomic E-state index is 0.580. The van der Waals surface area contributed by atoms with E-state index in [1.165, 1.54) is 24.9 Å². The van der Waals surface area contributed by atoms with E-state index < -0.39 is 0 Å². The normalized spacial score (nSPS) is 14.9. The lowest BCUT2D eigenvalue weighted by Crippen LogP contribution is -2.41. The Bertz CT molecular complexity index is 382. The lowest BCUT2D eigenvalue weighted by Gasteiger charge is -2.27. The van der Waals surface area contributed by atoms with E-state index >= 15 is 0 Å². The minimum Gasteiger partial charge on any atom is -0.378 e. The fourth-order valence-electron chi connectivity index (χ4n) is 1.75. The van der Waals surface area contributed by atoms with Gasteiger partial charge in [-0.25, -0.2) is 0 Å². The van der Waals surface area contributed by atoms with Crippen molar-refractivity contribution in [3.05, 3.63) is 24.3 Å². The van der Waals surface area contributed by atoms with Gasteiger partial charge in [-0.2, -0.15) is 0 Å². The number of nitrogens with one attached hydrogen (secondary N) is 2. The Kier molecular flexibility index (Phi) is 3.84. The Morgan fingerprint density at radius 3 is 2.35 bits per heavy atom. The van der Waals surface area contributed by atoms with Gasteiger partial charge in [-0.15, -0.1) is 0 Å². The van der Waals surface area contributed by atoms with Gasteiger partial charge in [0.15, 0.2) is 5.11 Å². The van der Waals surface area contributed by atoms with Gasteiger partial charge in [0, 0.05) is 31.5 Å². The standard InChI is InChI=1S/C13H19N3S/c1-16(2)12-8-6-11(7-9-12)15-13(17)14-10-4-3-5-10/h6-10H,3-5H2,1-2H3,(H2,14,15,17). The summed E-state index contributed by atoms with van der Waals surface area (Å²) >= 11 is 5.26. The van der Waals surface area contributed by atoms with E-state index in [0.717, 1.165) is 10.8 Å². The minimum atomic E-state index is 0.580. The van der Waals surface area contributed by atoms with E-state index in [1.54, 1.807) is 0 Å². The van der Waals surface area contributed by atoms with Crippen molar-refractivity contribution in [1.82, 2.24) is 5.32 Å². The van der Waals surface area contributed by atoms with Crippen LogP contribution in [0.25, 0.3) is 0 Å². The molecule has 0 heterocycles. The van der Waals surface area contributed by atoms with Crippen molar-refractivity contribution in [2.75, 3.05) is 24.3 Å². The quantitative estimate of drug-likeness (QED) is 0.805. The van der Waals surface area contributed by atoms with Gasteiger partial charge in [0.25, 0.3) is 0 Å². The van der Waals surface area contributed by atoms with Crippen molar-refractivity contribution in [1.29, 1.82) is 0 Å². The number of hydrogen-bond donors (Lipinski definition) is 2. The number of benzene rings is 1.